The van der Waals surface area contributed by atoms with Crippen LogP contribution in [0.15, 0.2) is 47.0 Å². The molecule has 3 aromatic rings. The first-order valence-corrected chi connectivity index (χ1v) is 9.39. The summed E-state index contributed by atoms with van der Waals surface area (Å²) in [5.74, 6) is 2.92. The van der Waals surface area contributed by atoms with Gasteiger partial charge in [-0.1, -0.05) is 5.16 Å². The third-order valence-electron chi connectivity index (χ3n) is 5.10. The van der Waals surface area contributed by atoms with Crippen molar-refractivity contribution in [2.24, 2.45) is 0 Å². The van der Waals surface area contributed by atoms with Gasteiger partial charge in [0.1, 0.15) is 19.0 Å². The predicted molar refractivity (Wildman–Crippen MR) is 103 cm³/mol. The molecule has 2 aliphatic heterocycles. The SMILES string of the molecule is COc1ccc(-c2noc([C@@H]3CC(=O)N(c4ccc5c(c4)OCCO5)C3)n2)cc1. The normalized spacial score (nSPS) is 18.2. The number of ether oxygens (including phenoxy) is 3. The van der Waals surface area contributed by atoms with Crippen molar-refractivity contribution in [3.8, 4) is 28.6 Å². The van der Waals surface area contributed by atoms with Crippen molar-refractivity contribution in [1.29, 1.82) is 0 Å². The molecule has 2 aromatic carbocycles. The number of rotatable bonds is 4. The van der Waals surface area contributed by atoms with Gasteiger partial charge in [-0.15, -0.1) is 0 Å². The van der Waals surface area contributed by atoms with Crippen LogP contribution in [0.2, 0.25) is 0 Å². The molecule has 1 atom stereocenters. The Morgan fingerprint density at radius 3 is 2.66 bits per heavy atom. The molecule has 8 nitrogen and oxygen atoms in total. The molecule has 1 fully saturated rings. The molecule has 0 saturated carbocycles. The molecule has 0 radical (unpaired) electrons. The lowest BCUT2D eigenvalue weighted by Crippen LogP contribution is -2.24. The van der Waals surface area contributed by atoms with E-state index in [1.54, 1.807) is 12.0 Å². The quantitative estimate of drug-likeness (QED) is 0.673. The Morgan fingerprint density at radius 1 is 1.07 bits per heavy atom. The predicted octanol–water partition coefficient (Wildman–Crippen LogP) is 3.04. The van der Waals surface area contributed by atoms with E-state index >= 15 is 0 Å². The molecule has 5 rings (SSSR count). The Hall–Kier alpha value is -3.55. The molecule has 0 bridgehead atoms. The third kappa shape index (κ3) is 3.26. The first-order chi connectivity index (χ1) is 14.2. The number of fused-ring (bicyclic) bond motifs is 1. The molecular formula is C21H19N3O5. The molecule has 0 aliphatic carbocycles. The van der Waals surface area contributed by atoms with E-state index < -0.39 is 0 Å². The molecule has 8 heteroatoms. The fourth-order valence-corrected chi connectivity index (χ4v) is 3.58. The van der Waals surface area contributed by atoms with Crippen molar-refractivity contribution in [2.45, 2.75) is 12.3 Å². The second kappa shape index (κ2) is 7.12. The zero-order valence-electron chi connectivity index (χ0n) is 15.8. The zero-order chi connectivity index (χ0) is 19.8. The standard InChI is InChI=1S/C21H19N3O5/c1-26-16-5-2-13(3-6-16)20-22-21(29-23-20)14-10-19(25)24(12-14)15-4-7-17-18(11-15)28-9-8-27-17/h2-7,11,14H,8-10,12H2,1H3/t14-/m1/s1. The summed E-state index contributed by atoms with van der Waals surface area (Å²) in [5, 5.41) is 4.07. The maximum absolute atomic E-state index is 12.6. The lowest BCUT2D eigenvalue weighted by molar-refractivity contribution is -0.117. The third-order valence-corrected chi connectivity index (χ3v) is 5.10. The number of benzene rings is 2. The van der Waals surface area contributed by atoms with E-state index in [1.807, 2.05) is 42.5 Å². The van der Waals surface area contributed by atoms with E-state index in [1.165, 1.54) is 0 Å². The van der Waals surface area contributed by atoms with Crippen molar-refractivity contribution in [2.75, 3.05) is 31.8 Å². The Labute approximate surface area is 167 Å². The van der Waals surface area contributed by atoms with Crippen LogP contribution in [0.4, 0.5) is 5.69 Å². The Morgan fingerprint density at radius 2 is 1.86 bits per heavy atom. The van der Waals surface area contributed by atoms with E-state index in [2.05, 4.69) is 10.1 Å². The van der Waals surface area contributed by atoms with Gasteiger partial charge in [0.05, 0.1) is 13.0 Å². The van der Waals surface area contributed by atoms with Gasteiger partial charge in [0.2, 0.25) is 17.6 Å². The molecule has 29 heavy (non-hydrogen) atoms. The number of hydrogen-bond donors (Lipinski definition) is 0. The van der Waals surface area contributed by atoms with Crippen LogP contribution < -0.4 is 19.1 Å². The largest absolute Gasteiger partial charge is 0.497 e. The highest BCUT2D eigenvalue weighted by atomic mass is 16.6. The minimum atomic E-state index is -0.157. The van der Waals surface area contributed by atoms with Crippen molar-refractivity contribution in [3.63, 3.8) is 0 Å². The van der Waals surface area contributed by atoms with Gasteiger partial charge in [0.25, 0.3) is 0 Å². The van der Waals surface area contributed by atoms with Gasteiger partial charge in [-0.05, 0) is 36.4 Å². The molecule has 0 unspecified atom stereocenters. The molecule has 1 aromatic heterocycles. The van der Waals surface area contributed by atoms with E-state index in [-0.39, 0.29) is 11.8 Å². The van der Waals surface area contributed by atoms with E-state index in [0.717, 1.165) is 17.0 Å². The average Bonchev–Trinajstić information content (AvgIpc) is 3.40. The van der Waals surface area contributed by atoms with Crippen LogP contribution in [-0.2, 0) is 4.79 Å². The molecule has 0 N–H and O–H groups in total. The highest BCUT2D eigenvalue weighted by Crippen LogP contribution is 2.37. The number of carbonyl (C=O) groups is 1. The van der Waals surface area contributed by atoms with Crippen molar-refractivity contribution in [1.82, 2.24) is 10.1 Å². The van der Waals surface area contributed by atoms with Gasteiger partial charge in [-0.2, -0.15) is 4.98 Å². The monoisotopic (exact) mass is 393 g/mol. The molecule has 3 heterocycles. The lowest BCUT2D eigenvalue weighted by Gasteiger charge is -2.22. The molecular weight excluding hydrogens is 374 g/mol. The number of amides is 1. The van der Waals surface area contributed by atoms with Gasteiger partial charge >= 0.3 is 0 Å². The number of nitrogens with zero attached hydrogens (tertiary/aromatic N) is 3. The molecule has 0 spiro atoms. The molecule has 148 valence electrons. The highest BCUT2D eigenvalue weighted by molar-refractivity contribution is 5.96. The summed E-state index contributed by atoms with van der Waals surface area (Å²) in [6.45, 7) is 1.51. The summed E-state index contributed by atoms with van der Waals surface area (Å²) in [6, 6.07) is 13.0. The van der Waals surface area contributed by atoms with Crippen LogP contribution in [0.25, 0.3) is 11.4 Å². The van der Waals surface area contributed by atoms with Crippen LogP contribution >= 0.6 is 0 Å². The fourth-order valence-electron chi connectivity index (χ4n) is 3.58. The fraction of sp³-hybridized carbons (Fsp3) is 0.286. The van der Waals surface area contributed by atoms with Crippen molar-refractivity contribution >= 4 is 11.6 Å². The Kier molecular flexibility index (Phi) is 4.31. The molecule has 1 amide bonds. The van der Waals surface area contributed by atoms with Crippen LogP contribution in [0.1, 0.15) is 18.2 Å². The number of hydrogen-bond acceptors (Lipinski definition) is 7. The average molecular weight is 393 g/mol. The summed E-state index contributed by atoms with van der Waals surface area (Å²) in [5.41, 5.74) is 1.60. The maximum atomic E-state index is 12.6. The van der Waals surface area contributed by atoms with Gasteiger partial charge in [0, 0.05) is 30.3 Å². The first-order valence-electron chi connectivity index (χ1n) is 9.39. The van der Waals surface area contributed by atoms with Crippen LogP contribution in [0.5, 0.6) is 17.2 Å². The minimum absolute atomic E-state index is 0.0101. The van der Waals surface area contributed by atoms with Crippen LogP contribution in [0, 0.1) is 0 Å². The highest BCUT2D eigenvalue weighted by Gasteiger charge is 2.35. The lowest BCUT2D eigenvalue weighted by atomic mass is 10.1. The van der Waals surface area contributed by atoms with Gasteiger partial charge in [0.15, 0.2) is 11.5 Å². The van der Waals surface area contributed by atoms with Crippen LogP contribution in [0.3, 0.4) is 0 Å². The Balaban J connectivity index is 1.34. The number of carbonyl (C=O) groups excluding carboxylic acids is 1. The van der Waals surface area contributed by atoms with E-state index in [0.29, 0.717) is 49.4 Å². The maximum Gasteiger partial charge on any atom is 0.232 e. The van der Waals surface area contributed by atoms with Gasteiger partial charge in [-0.3, -0.25) is 4.79 Å². The molecule has 1 saturated heterocycles. The number of anilines is 1. The van der Waals surface area contributed by atoms with Crippen molar-refractivity contribution < 1.29 is 23.5 Å². The smallest absolute Gasteiger partial charge is 0.232 e. The second-order valence-electron chi connectivity index (χ2n) is 6.92. The van der Waals surface area contributed by atoms with Gasteiger partial charge < -0.3 is 23.6 Å². The van der Waals surface area contributed by atoms with E-state index in [9.17, 15) is 4.79 Å². The summed E-state index contributed by atoms with van der Waals surface area (Å²) < 4.78 is 21.8. The van der Waals surface area contributed by atoms with Crippen molar-refractivity contribution in [3.05, 3.63) is 48.4 Å². The Bertz CT molecular complexity index is 1050. The number of aromatic nitrogens is 2. The topological polar surface area (TPSA) is 86.9 Å². The number of methoxy groups -OCH3 is 1. The summed E-state index contributed by atoms with van der Waals surface area (Å²) in [7, 11) is 1.62. The zero-order valence-corrected chi connectivity index (χ0v) is 15.8. The summed E-state index contributed by atoms with van der Waals surface area (Å²) in [6.07, 6.45) is 0.318. The summed E-state index contributed by atoms with van der Waals surface area (Å²) >= 11 is 0. The summed E-state index contributed by atoms with van der Waals surface area (Å²) in [4.78, 5) is 18.9. The van der Waals surface area contributed by atoms with Gasteiger partial charge in [-0.25, -0.2) is 0 Å². The van der Waals surface area contributed by atoms with E-state index in [4.69, 9.17) is 18.7 Å². The second-order valence-corrected chi connectivity index (χ2v) is 6.92. The first kappa shape index (κ1) is 17.5. The molecule has 2 aliphatic rings. The minimum Gasteiger partial charge on any atom is -0.497 e. The van der Waals surface area contributed by atoms with Crippen LogP contribution in [-0.4, -0.2) is 42.9 Å².